The summed E-state index contributed by atoms with van der Waals surface area (Å²) in [5.74, 6) is 0.158. The van der Waals surface area contributed by atoms with Crippen LogP contribution in [0.5, 0.6) is 0 Å². The maximum Gasteiger partial charge on any atom is 0.240 e. The minimum atomic E-state index is -0.146. The molecule has 1 aromatic rings. The standard InChI is InChI=1S/C17H24N2O2/c20-12-15-8-2-1-5-9-19(15)17(21)16-10-13-6-3-4-7-14(13)11-18-16/h3-4,6-7,15-16,18,20H,1-2,5,8-12H2/t15?,16-/m0/s1. The molecule has 0 saturated carbocycles. The number of likely N-dealkylation sites (tertiary alicyclic amines) is 1. The lowest BCUT2D eigenvalue weighted by molar-refractivity contribution is -0.136. The molecular formula is C17H24N2O2. The molecule has 1 aromatic carbocycles. The van der Waals surface area contributed by atoms with Crippen LogP contribution in [0.25, 0.3) is 0 Å². The first-order valence-electron chi connectivity index (χ1n) is 8.01. The van der Waals surface area contributed by atoms with Gasteiger partial charge in [-0.05, 0) is 30.4 Å². The quantitative estimate of drug-likeness (QED) is 0.866. The summed E-state index contributed by atoms with van der Waals surface area (Å²) in [5.41, 5.74) is 2.56. The Kier molecular flexibility index (Phi) is 4.56. The van der Waals surface area contributed by atoms with Gasteiger partial charge >= 0.3 is 0 Å². The second-order valence-corrected chi connectivity index (χ2v) is 6.12. The minimum absolute atomic E-state index is 0.000953. The number of nitrogens with one attached hydrogen (secondary N) is 1. The van der Waals surface area contributed by atoms with Gasteiger partial charge in [-0.1, -0.05) is 37.1 Å². The maximum absolute atomic E-state index is 12.8. The van der Waals surface area contributed by atoms with Crippen molar-refractivity contribution in [2.24, 2.45) is 0 Å². The molecule has 0 radical (unpaired) electrons. The number of hydrogen-bond acceptors (Lipinski definition) is 3. The van der Waals surface area contributed by atoms with Crippen LogP contribution in [0.15, 0.2) is 24.3 Å². The molecule has 1 saturated heterocycles. The Balaban J connectivity index is 1.73. The second-order valence-electron chi connectivity index (χ2n) is 6.12. The molecule has 2 aliphatic rings. The number of carbonyl (C=O) groups excluding carboxylic acids is 1. The Morgan fingerprint density at radius 2 is 2.05 bits per heavy atom. The second kappa shape index (κ2) is 6.58. The number of nitrogens with zero attached hydrogens (tertiary/aromatic N) is 1. The van der Waals surface area contributed by atoms with Gasteiger partial charge in [-0.15, -0.1) is 0 Å². The molecule has 21 heavy (non-hydrogen) atoms. The van der Waals surface area contributed by atoms with Crippen LogP contribution in [0.2, 0.25) is 0 Å². The molecule has 1 fully saturated rings. The molecule has 1 amide bonds. The minimum Gasteiger partial charge on any atom is -0.394 e. The topological polar surface area (TPSA) is 52.6 Å². The molecule has 2 aliphatic heterocycles. The van der Waals surface area contributed by atoms with Gasteiger partial charge in [0, 0.05) is 13.1 Å². The number of aliphatic hydroxyl groups is 1. The Morgan fingerprint density at radius 3 is 2.86 bits per heavy atom. The molecule has 2 atom stereocenters. The average Bonchev–Trinajstić information content (AvgIpc) is 2.79. The lowest BCUT2D eigenvalue weighted by Crippen LogP contribution is -2.53. The van der Waals surface area contributed by atoms with Gasteiger partial charge in [0.25, 0.3) is 0 Å². The van der Waals surface area contributed by atoms with Crippen LogP contribution in [0.1, 0.15) is 36.8 Å². The summed E-state index contributed by atoms with van der Waals surface area (Å²) in [6.07, 6.45) is 4.98. The van der Waals surface area contributed by atoms with Gasteiger partial charge in [0.2, 0.25) is 5.91 Å². The highest BCUT2D eigenvalue weighted by molar-refractivity contribution is 5.83. The third kappa shape index (κ3) is 3.11. The highest BCUT2D eigenvalue weighted by atomic mass is 16.3. The van der Waals surface area contributed by atoms with Gasteiger partial charge in [-0.25, -0.2) is 0 Å². The van der Waals surface area contributed by atoms with Crippen LogP contribution >= 0.6 is 0 Å². The molecule has 0 aromatic heterocycles. The maximum atomic E-state index is 12.8. The van der Waals surface area contributed by atoms with Crippen LogP contribution < -0.4 is 5.32 Å². The number of aliphatic hydroxyl groups excluding tert-OH is 1. The number of fused-ring (bicyclic) bond motifs is 1. The number of rotatable bonds is 2. The monoisotopic (exact) mass is 288 g/mol. The molecule has 4 heteroatoms. The van der Waals surface area contributed by atoms with Crippen molar-refractivity contribution in [3.8, 4) is 0 Å². The molecule has 0 bridgehead atoms. The fourth-order valence-corrected chi connectivity index (χ4v) is 3.49. The number of amides is 1. The zero-order chi connectivity index (χ0) is 14.7. The van der Waals surface area contributed by atoms with Crippen molar-refractivity contribution < 1.29 is 9.90 Å². The third-order valence-electron chi connectivity index (χ3n) is 4.75. The van der Waals surface area contributed by atoms with Crippen LogP contribution in [0.4, 0.5) is 0 Å². The largest absolute Gasteiger partial charge is 0.394 e. The zero-order valence-corrected chi connectivity index (χ0v) is 12.4. The highest BCUT2D eigenvalue weighted by Crippen LogP contribution is 2.21. The normalized spacial score (nSPS) is 26.0. The average molecular weight is 288 g/mol. The highest BCUT2D eigenvalue weighted by Gasteiger charge is 2.32. The third-order valence-corrected chi connectivity index (χ3v) is 4.75. The molecule has 3 rings (SSSR count). The van der Waals surface area contributed by atoms with E-state index in [0.29, 0.717) is 0 Å². The predicted octanol–water partition coefficient (Wildman–Crippen LogP) is 1.46. The first-order chi connectivity index (χ1) is 10.3. The first kappa shape index (κ1) is 14.5. The van der Waals surface area contributed by atoms with E-state index in [4.69, 9.17) is 0 Å². The summed E-state index contributed by atoms with van der Waals surface area (Å²) in [7, 11) is 0. The lowest BCUT2D eigenvalue weighted by atomic mass is 9.95. The van der Waals surface area contributed by atoms with Gasteiger partial charge in [0.1, 0.15) is 0 Å². The Bertz CT molecular complexity index is 503. The molecule has 114 valence electrons. The van der Waals surface area contributed by atoms with E-state index in [1.54, 1.807) is 0 Å². The first-order valence-corrected chi connectivity index (χ1v) is 8.01. The fraction of sp³-hybridized carbons (Fsp3) is 0.588. The van der Waals surface area contributed by atoms with E-state index in [2.05, 4.69) is 17.4 Å². The fourth-order valence-electron chi connectivity index (χ4n) is 3.49. The predicted molar refractivity (Wildman–Crippen MR) is 81.8 cm³/mol. The van der Waals surface area contributed by atoms with Crippen LogP contribution in [0, 0.1) is 0 Å². The molecule has 0 aliphatic carbocycles. The van der Waals surface area contributed by atoms with E-state index in [1.165, 1.54) is 11.1 Å². The number of carbonyl (C=O) groups is 1. The van der Waals surface area contributed by atoms with Crippen molar-refractivity contribution in [3.05, 3.63) is 35.4 Å². The van der Waals surface area contributed by atoms with Crippen LogP contribution in [-0.4, -0.2) is 41.1 Å². The molecule has 2 N–H and O–H groups in total. The van der Waals surface area contributed by atoms with E-state index >= 15 is 0 Å². The molecule has 1 unspecified atom stereocenters. The summed E-state index contributed by atoms with van der Waals surface area (Å²) < 4.78 is 0. The summed E-state index contributed by atoms with van der Waals surface area (Å²) in [5, 5.41) is 12.9. The Hall–Kier alpha value is -1.39. The van der Waals surface area contributed by atoms with Crippen LogP contribution in [0.3, 0.4) is 0 Å². The molecule has 2 heterocycles. The Morgan fingerprint density at radius 1 is 1.24 bits per heavy atom. The van der Waals surface area contributed by atoms with Crippen LogP contribution in [-0.2, 0) is 17.8 Å². The van der Waals surface area contributed by atoms with Gasteiger partial charge in [0.15, 0.2) is 0 Å². The van der Waals surface area contributed by atoms with E-state index in [0.717, 1.165) is 45.2 Å². The van der Waals surface area contributed by atoms with Crippen molar-refractivity contribution >= 4 is 5.91 Å². The summed E-state index contributed by atoms with van der Waals surface area (Å²) in [6, 6.07) is 8.16. The van der Waals surface area contributed by atoms with E-state index in [1.807, 2.05) is 17.0 Å². The molecule has 4 nitrogen and oxygen atoms in total. The van der Waals surface area contributed by atoms with E-state index < -0.39 is 0 Å². The van der Waals surface area contributed by atoms with Crippen molar-refractivity contribution in [2.45, 2.75) is 50.7 Å². The lowest BCUT2D eigenvalue weighted by Gasteiger charge is -2.34. The smallest absolute Gasteiger partial charge is 0.240 e. The number of hydrogen-bond donors (Lipinski definition) is 2. The SMILES string of the molecule is O=C([C@@H]1Cc2ccccc2CN1)N1CCCCCC1CO. The zero-order valence-electron chi connectivity index (χ0n) is 12.4. The summed E-state index contributed by atoms with van der Waals surface area (Å²) in [4.78, 5) is 14.8. The molecule has 0 spiro atoms. The van der Waals surface area contributed by atoms with Crippen molar-refractivity contribution in [1.82, 2.24) is 10.2 Å². The van der Waals surface area contributed by atoms with Gasteiger partial charge in [-0.3, -0.25) is 4.79 Å². The Labute approximate surface area is 126 Å². The van der Waals surface area contributed by atoms with Gasteiger partial charge < -0.3 is 15.3 Å². The van der Waals surface area contributed by atoms with Crippen molar-refractivity contribution in [1.29, 1.82) is 0 Å². The summed E-state index contributed by atoms with van der Waals surface area (Å²) >= 11 is 0. The van der Waals surface area contributed by atoms with Gasteiger partial charge in [-0.2, -0.15) is 0 Å². The molecular weight excluding hydrogens is 264 g/mol. The van der Waals surface area contributed by atoms with E-state index in [-0.39, 0.29) is 24.6 Å². The van der Waals surface area contributed by atoms with Crippen molar-refractivity contribution in [3.63, 3.8) is 0 Å². The van der Waals surface area contributed by atoms with Gasteiger partial charge in [0.05, 0.1) is 18.7 Å². The summed E-state index contributed by atoms with van der Waals surface area (Å²) in [6.45, 7) is 1.61. The number of benzene rings is 1. The van der Waals surface area contributed by atoms with E-state index in [9.17, 15) is 9.90 Å². The van der Waals surface area contributed by atoms with Crippen molar-refractivity contribution in [2.75, 3.05) is 13.2 Å².